The molecule has 0 amide bonds. The molecule has 2 heterocycles. The van der Waals surface area contributed by atoms with Crippen molar-refractivity contribution in [2.45, 2.75) is 47.1 Å². The molecule has 0 radical (unpaired) electrons. The molecule has 1 atom stereocenters. The number of hydrogen-bond donors (Lipinski definition) is 1. The van der Waals surface area contributed by atoms with Crippen molar-refractivity contribution in [3.63, 3.8) is 0 Å². The molecule has 0 aromatic heterocycles. The quantitative estimate of drug-likeness (QED) is 0.617. The number of likely N-dealkylation sites (tertiary alicyclic amines) is 1. The highest BCUT2D eigenvalue weighted by Crippen LogP contribution is 2.28. The summed E-state index contributed by atoms with van der Waals surface area (Å²) >= 11 is 0. The van der Waals surface area contributed by atoms with Crippen molar-refractivity contribution < 1.29 is 0 Å². The zero-order valence-corrected chi connectivity index (χ0v) is 15.9. The van der Waals surface area contributed by atoms with Crippen LogP contribution in [-0.2, 0) is 0 Å². The van der Waals surface area contributed by atoms with Crippen LogP contribution < -0.4 is 5.32 Å². The monoisotopic (exact) mass is 323 g/mol. The van der Waals surface area contributed by atoms with Crippen LogP contribution in [0.4, 0.5) is 0 Å². The van der Waals surface area contributed by atoms with Gasteiger partial charge in [0.1, 0.15) is 0 Å². The zero-order valence-electron chi connectivity index (χ0n) is 15.9. The van der Waals surface area contributed by atoms with Crippen molar-refractivity contribution >= 4 is 5.96 Å². The third-order valence-corrected chi connectivity index (χ3v) is 5.29. The van der Waals surface area contributed by atoms with Gasteiger partial charge in [0, 0.05) is 51.9 Å². The van der Waals surface area contributed by atoms with Gasteiger partial charge in [-0.25, -0.2) is 0 Å². The second-order valence-corrected chi connectivity index (χ2v) is 7.85. The SMILES string of the molecule is CCNC(=NCC(C)N1CCN(CC)CC1)N1CCC(C)(C)C1. The Labute approximate surface area is 143 Å². The first-order valence-electron chi connectivity index (χ1n) is 9.45. The average Bonchev–Trinajstić information content (AvgIpc) is 2.91. The Morgan fingerprint density at radius 2 is 1.83 bits per heavy atom. The van der Waals surface area contributed by atoms with Gasteiger partial charge in [-0.2, -0.15) is 0 Å². The normalized spacial score (nSPS) is 24.9. The van der Waals surface area contributed by atoms with Gasteiger partial charge in [-0.3, -0.25) is 9.89 Å². The van der Waals surface area contributed by atoms with Crippen molar-refractivity contribution in [3.8, 4) is 0 Å². The molecule has 5 nitrogen and oxygen atoms in total. The Balaban J connectivity index is 1.87. The first-order chi connectivity index (χ1) is 10.9. The third kappa shape index (κ3) is 5.35. The van der Waals surface area contributed by atoms with Gasteiger partial charge < -0.3 is 15.1 Å². The highest BCUT2D eigenvalue weighted by molar-refractivity contribution is 5.80. The minimum absolute atomic E-state index is 0.415. The maximum atomic E-state index is 4.95. The summed E-state index contributed by atoms with van der Waals surface area (Å²) < 4.78 is 0. The van der Waals surface area contributed by atoms with Crippen LogP contribution in [0.25, 0.3) is 0 Å². The third-order valence-electron chi connectivity index (χ3n) is 5.29. The Hall–Kier alpha value is -0.810. The molecule has 0 spiro atoms. The first kappa shape index (κ1) is 18.5. The van der Waals surface area contributed by atoms with Gasteiger partial charge in [-0.05, 0) is 32.2 Å². The predicted molar refractivity (Wildman–Crippen MR) is 99.1 cm³/mol. The molecule has 2 saturated heterocycles. The number of nitrogens with one attached hydrogen (secondary N) is 1. The molecule has 2 rings (SSSR count). The van der Waals surface area contributed by atoms with Crippen molar-refractivity contribution in [2.75, 3.05) is 58.9 Å². The number of guanidine groups is 1. The van der Waals surface area contributed by atoms with E-state index in [9.17, 15) is 0 Å². The van der Waals surface area contributed by atoms with Crippen LogP contribution in [0.2, 0.25) is 0 Å². The second kappa shape index (κ2) is 8.34. The van der Waals surface area contributed by atoms with Gasteiger partial charge in [-0.1, -0.05) is 20.8 Å². The molecule has 5 heteroatoms. The number of nitrogens with zero attached hydrogens (tertiary/aromatic N) is 4. The lowest BCUT2D eigenvalue weighted by molar-refractivity contribution is 0.109. The molecule has 1 unspecified atom stereocenters. The molecule has 134 valence electrons. The number of hydrogen-bond acceptors (Lipinski definition) is 3. The number of aliphatic imine (C=N–C) groups is 1. The first-order valence-corrected chi connectivity index (χ1v) is 9.45. The van der Waals surface area contributed by atoms with E-state index in [0.717, 1.165) is 32.1 Å². The van der Waals surface area contributed by atoms with Gasteiger partial charge in [0.05, 0.1) is 6.54 Å². The van der Waals surface area contributed by atoms with Crippen molar-refractivity contribution in [2.24, 2.45) is 10.4 Å². The van der Waals surface area contributed by atoms with Gasteiger partial charge >= 0.3 is 0 Å². The van der Waals surface area contributed by atoms with E-state index in [1.54, 1.807) is 0 Å². The van der Waals surface area contributed by atoms with Crippen LogP contribution >= 0.6 is 0 Å². The second-order valence-electron chi connectivity index (χ2n) is 7.85. The van der Waals surface area contributed by atoms with E-state index in [0.29, 0.717) is 11.5 Å². The molecule has 2 aliphatic rings. The van der Waals surface area contributed by atoms with Crippen LogP contribution in [-0.4, -0.2) is 85.6 Å². The number of likely N-dealkylation sites (N-methyl/N-ethyl adjacent to an activating group) is 1. The fourth-order valence-electron chi connectivity index (χ4n) is 3.57. The molecule has 0 bridgehead atoms. The maximum Gasteiger partial charge on any atom is 0.193 e. The molecule has 0 saturated carbocycles. The van der Waals surface area contributed by atoms with E-state index in [4.69, 9.17) is 4.99 Å². The summed E-state index contributed by atoms with van der Waals surface area (Å²) in [5, 5.41) is 3.49. The highest BCUT2D eigenvalue weighted by Gasteiger charge is 2.31. The zero-order chi connectivity index (χ0) is 16.9. The number of piperazine rings is 1. The van der Waals surface area contributed by atoms with E-state index < -0.39 is 0 Å². The summed E-state index contributed by atoms with van der Waals surface area (Å²) in [6, 6.07) is 0.526. The predicted octanol–water partition coefficient (Wildman–Crippen LogP) is 1.71. The van der Waals surface area contributed by atoms with Crippen LogP contribution in [0.3, 0.4) is 0 Å². The Bertz CT molecular complexity index is 385. The molecule has 1 N–H and O–H groups in total. The van der Waals surface area contributed by atoms with Crippen molar-refractivity contribution in [3.05, 3.63) is 0 Å². The minimum atomic E-state index is 0.415. The lowest BCUT2D eigenvalue weighted by atomic mass is 9.93. The topological polar surface area (TPSA) is 34.1 Å². The van der Waals surface area contributed by atoms with Crippen molar-refractivity contribution in [1.82, 2.24) is 20.0 Å². The average molecular weight is 324 g/mol. The summed E-state index contributed by atoms with van der Waals surface area (Å²) in [7, 11) is 0. The molecule has 23 heavy (non-hydrogen) atoms. The lowest BCUT2D eigenvalue weighted by Crippen LogP contribution is -2.50. The molecular weight excluding hydrogens is 286 g/mol. The summed E-state index contributed by atoms with van der Waals surface area (Å²) in [6.45, 7) is 21.5. The van der Waals surface area contributed by atoms with Gasteiger partial charge in [0.2, 0.25) is 0 Å². The standard InChI is InChI=1S/C18H37N5/c1-6-19-17(23-9-8-18(4,5)15-23)20-14-16(3)22-12-10-21(7-2)11-13-22/h16H,6-15H2,1-5H3,(H,19,20). The molecular formula is C18H37N5. The van der Waals surface area contributed by atoms with E-state index >= 15 is 0 Å². The van der Waals surface area contributed by atoms with Crippen LogP contribution in [0, 0.1) is 5.41 Å². The van der Waals surface area contributed by atoms with E-state index in [-0.39, 0.29) is 0 Å². The summed E-state index contributed by atoms with van der Waals surface area (Å²) in [5.41, 5.74) is 0.415. The summed E-state index contributed by atoms with van der Waals surface area (Å²) in [5.74, 6) is 1.11. The smallest absolute Gasteiger partial charge is 0.193 e. The van der Waals surface area contributed by atoms with Crippen molar-refractivity contribution in [1.29, 1.82) is 0 Å². The molecule has 0 aromatic rings. The van der Waals surface area contributed by atoms with Gasteiger partial charge in [0.25, 0.3) is 0 Å². The van der Waals surface area contributed by atoms with E-state index in [2.05, 4.69) is 54.6 Å². The molecule has 0 aliphatic carbocycles. The maximum absolute atomic E-state index is 4.95. The molecule has 0 aromatic carbocycles. The summed E-state index contributed by atoms with van der Waals surface area (Å²) in [6.07, 6.45) is 1.26. The fraction of sp³-hybridized carbons (Fsp3) is 0.944. The Morgan fingerprint density at radius 3 is 2.35 bits per heavy atom. The van der Waals surface area contributed by atoms with Crippen LogP contribution in [0.15, 0.2) is 4.99 Å². The molecule has 2 fully saturated rings. The van der Waals surface area contributed by atoms with Crippen LogP contribution in [0.1, 0.15) is 41.0 Å². The van der Waals surface area contributed by atoms with Gasteiger partial charge in [-0.15, -0.1) is 0 Å². The highest BCUT2D eigenvalue weighted by atomic mass is 15.3. The fourth-order valence-corrected chi connectivity index (χ4v) is 3.57. The lowest BCUT2D eigenvalue weighted by Gasteiger charge is -2.37. The largest absolute Gasteiger partial charge is 0.357 e. The van der Waals surface area contributed by atoms with E-state index in [1.807, 2.05) is 0 Å². The van der Waals surface area contributed by atoms with E-state index in [1.165, 1.54) is 39.1 Å². The van der Waals surface area contributed by atoms with Gasteiger partial charge in [0.15, 0.2) is 5.96 Å². The minimum Gasteiger partial charge on any atom is -0.357 e. The summed E-state index contributed by atoms with van der Waals surface area (Å²) in [4.78, 5) is 12.5. The number of rotatable bonds is 5. The van der Waals surface area contributed by atoms with Crippen LogP contribution in [0.5, 0.6) is 0 Å². The molecule has 2 aliphatic heterocycles. The Morgan fingerprint density at radius 1 is 1.13 bits per heavy atom. The Kier molecular flexibility index (Phi) is 6.72.